The van der Waals surface area contributed by atoms with Crippen molar-refractivity contribution >= 4 is 28.7 Å². The van der Waals surface area contributed by atoms with Gasteiger partial charge in [-0.15, -0.1) is 0 Å². The number of nitrogens with two attached hydrogens (primary N) is 2. The Morgan fingerprint density at radius 2 is 2.11 bits per heavy atom. The monoisotopic (exact) mass is 286 g/mol. The van der Waals surface area contributed by atoms with Crippen LogP contribution in [-0.4, -0.2) is 30.6 Å². The Morgan fingerprint density at radius 1 is 1.47 bits per heavy atom. The summed E-state index contributed by atoms with van der Waals surface area (Å²) in [7, 11) is 2.08. The van der Waals surface area contributed by atoms with Crippen LogP contribution in [0.2, 0.25) is 5.02 Å². The summed E-state index contributed by atoms with van der Waals surface area (Å²) >= 11 is 5.79. The van der Waals surface area contributed by atoms with E-state index in [0.717, 1.165) is 0 Å². The first-order chi connectivity index (χ1) is 8.91. The Bertz CT molecular complexity index is 476. The van der Waals surface area contributed by atoms with Crippen molar-refractivity contribution in [3.05, 3.63) is 16.9 Å². The minimum Gasteiger partial charge on any atom is -0.397 e. The minimum atomic E-state index is -0.583. The number of nitrogens with one attached hydrogen (secondary N) is 1. The zero-order chi connectivity index (χ0) is 14.2. The maximum atomic E-state index is 14.0. The molecule has 0 saturated heterocycles. The largest absolute Gasteiger partial charge is 0.397 e. The van der Waals surface area contributed by atoms with Crippen molar-refractivity contribution in [2.24, 2.45) is 0 Å². The van der Waals surface area contributed by atoms with Gasteiger partial charge in [0.15, 0.2) is 5.82 Å². The lowest BCUT2D eigenvalue weighted by Crippen LogP contribution is -2.36. The maximum Gasteiger partial charge on any atom is 0.169 e. The zero-order valence-electron chi connectivity index (χ0n) is 11.2. The third-order valence-corrected chi connectivity index (χ3v) is 4.04. The molecule has 1 fully saturated rings. The molecule has 19 heavy (non-hydrogen) atoms. The summed E-state index contributed by atoms with van der Waals surface area (Å²) in [6.45, 7) is 2.70. The lowest BCUT2D eigenvalue weighted by molar-refractivity contribution is 0.257. The van der Waals surface area contributed by atoms with Crippen molar-refractivity contribution < 1.29 is 4.39 Å². The van der Waals surface area contributed by atoms with Gasteiger partial charge in [-0.3, -0.25) is 4.90 Å². The molecule has 0 spiro atoms. The molecule has 0 heterocycles. The quantitative estimate of drug-likeness (QED) is 0.728. The molecular weight excluding hydrogens is 267 g/mol. The SMILES string of the molecule is CC(CNc1c(N)cc(N)c(Cl)c1F)N(C)C1CC1. The first-order valence-corrected chi connectivity index (χ1v) is 6.78. The number of hydrogen-bond donors (Lipinski definition) is 3. The van der Waals surface area contributed by atoms with Gasteiger partial charge in [-0.05, 0) is 32.9 Å². The molecule has 0 bridgehead atoms. The van der Waals surface area contributed by atoms with Crippen molar-refractivity contribution in [2.45, 2.75) is 31.8 Å². The molecule has 0 amide bonds. The standard InChI is InChI=1S/C13H20ClFN4/c1-7(19(2)8-3-4-8)6-18-13-10(17)5-9(16)11(14)12(13)15/h5,7-8,18H,3-4,6,16-17H2,1-2H3. The zero-order valence-corrected chi connectivity index (χ0v) is 12.0. The van der Waals surface area contributed by atoms with Crippen LogP contribution in [0.25, 0.3) is 0 Å². The second-order valence-electron chi connectivity index (χ2n) is 5.18. The number of halogens is 2. The Morgan fingerprint density at radius 3 is 2.68 bits per heavy atom. The van der Waals surface area contributed by atoms with Gasteiger partial charge in [-0.25, -0.2) is 4.39 Å². The van der Waals surface area contributed by atoms with Crippen molar-refractivity contribution in [3.8, 4) is 0 Å². The van der Waals surface area contributed by atoms with Gasteiger partial charge in [0.25, 0.3) is 0 Å². The Labute approximate surface area is 117 Å². The number of likely N-dealkylation sites (N-methyl/N-ethyl adjacent to an activating group) is 1. The van der Waals surface area contributed by atoms with Crippen molar-refractivity contribution in [2.75, 3.05) is 30.4 Å². The second-order valence-corrected chi connectivity index (χ2v) is 5.56. The molecule has 1 aromatic carbocycles. The van der Waals surface area contributed by atoms with E-state index in [9.17, 15) is 4.39 Å². The number of rotatable bonds is 5. The second kappa shape index (κ2) is 5.43. The van der Waals surface area contributed by atoms with E-state index in [2.05, 4.69) is 24.2 Å². The van der Waals surface area contributed by atoms with Crippen LogP contribution in [0.4, 0.5) is 21.5 Å². The van der Waals surface area contributed by atoms with Crippen LogP contribution >= 0.6 is 11.6 Å². The Balaban J connectivity index is 2.04. The minimum absolute atomic E-state index is 0.0834. The van der Waals surface area contributed by atoms with Gasteiger partial charge in [-0.2, -0.15) is 0 Å². The fourth-order valence-electron chi connectivity index (χ4n) is 2.08. The van der Waals surface area contributed by atoms with Crippen LogP contribution in [-0.2, 0) is 0 Å². The third-order valence-electron chi connectivity index (χ3n) is 3.66. The van der Waals surface area contributed by atoms with Crippen LogP contribution in [0.3, 0.4) is 0 Å². The van der Waals surface area contributed by atoms with E-state index in [1.807, 2.05) is 0 Å². The molecule has 6 heteroatoms. The predicted molar refractivity (Wildman–Crippen MR) is 79.0 cm³/mol. The van der Waals surface area contributed by atoms with Crippen LogP contribution in [0.15, 0.2) is 6.07 Å². The summed E-state index contributed by atoms with van der Waals surface area (Å²) in [5.41, 5.74) is 12.0. The van der Waals surface area contributed by atoms with Crippen LogP contribution in [0.1, 0.15) is 19.8 Å². The van der Waals surface area contributed by atoms with Crippen molar-refractivity contribution in [1.29, 1.82) is 0 Å². The molecule has 1 unspecified atom stereocenters. The molecule has 106 valence electrons. The van der Waals surface area contributed by atoms with Gasteiger partial charge in [0, 0.05) is 18.6 Å². The topological polar surface area (TPSA) is 67.3 Å². The van der Waals surface area contributed by atoms with Gasteiger partial charge in [-0.1, -0.05) is 11.6 Å². The number of hydrogen-bond acceptors (Lipinski definition) is 4. The highest BCUT2D eigenvalue weighted by molar-refractivity contribution is 6.33. The lowest BCUT2D eigenvalue weighted by Gasteiger charge is -2.25. The van der Waals surface area contributed by atoms with E-state index in [-0.39, 0.29) is 22.1 Å². The molecule has 2 rings (SSSR count). The number of nitrogen functional groups attached to an aromatic ring is 2. The highest BCUT2D eigenvalue weighted by atomic mass is 35.5. The average Bonchev–Trinajstić information content (AvgIpc) is 3.19. The summed E-state index contributed by atoms with van der Waals surface area (Å²) in [5, 5.41) is 2.95. The third kappa shape index (κ3) is 3.04. The van der Waals surface area contributed by atoms with E-state index in [1.54, 1.807) is 0 Å². The summed E-state index contributed by atoms with van der Waals surface area (Å²) < 4.78 is 14.0. The van der Waals surface area contributed by atoms with Gasteiger partial charge in [0.2, 0.25) is 0 Å². The summed E-state index contributed by atoms with van der Waals surface area (Å²) in [4.78, 5) is 2.29. The van der Waals surface area contributed by atoms with Crippen LogP contribution in [0, 0.1) is 5.82 Å². The van der Waals surface area contributed by atoms with Gasteiger partial charge in [0.1, 0.15) is 5.02 Å². The maximum absolute atomic E-state index is 14.0. The molecule has 4 nitrogen and oxygen atoms in total. The molecule has 1 saturated carbocycles. The predicted octanol–water partition coefficient (Wildman–Crippen LogP) is 2.54. The fourth-order valence-corrected chi connectivity index (χ4v) is 2.23. The number of nitrogens with zero attached hydrogens (tertiary/aromatic N) is 1. The van der Waals surface area contributed by atoms with E-state index >= 15 is 0 Å². The van der Waals surface area contributed by atoms with E-state index in [4.69, 9.17) is 23.1 Å². The summed E-state index contributed by atoms with van der Waals surface area (Å²) in [5.74, 6) is -0.583. The first-order valence-electron chi connectivity index (χ1n) is 6.40. The average molecular weight is 287 g/mol. The molecule has 0 aliphatic heterocycles. The molecular formula is C13H20ClFN4. The number of anilines is 3. The van der Waals surface area contributed by atoms with Crippen molar-refractivity contribution in [3.63, 3.8) is 0 Å². The number of benzene rings is 1. The molecule has 1 aromatic rings. The Hall–Kier alpha value is -1.20. The van der Waals surface area contributed by atoms with Crippen molar-refractivity contribution in [1.82, 2.24) is 4.90 Å². The normalized spacial score (nSPS) is 16.7. The van der Waals surface area contributed by atoms with Gasteiger partial charge < -0.3 is 16.8 Å². The summed E-state index contributed by atoms with van der Waals surface area (Å²) in [6, 6.07) is 2.43. The fraction of sp³-hybridized carbons (Fsp3) is 0.538. The lowest BCUT2D eigenvalue weighted by atomic mass is 10.2. The van der Waals surface area contributed by atoms with Gasteiger partial charge in [0.05, 0.1) is 17.1 Å². The summed E-state index contributed by atoms with van der Waals surface area (Å²) in [6.07, 6.45) is 2.48. The molecule has 0 radical (unpaired) electrons. The Kier molecular flexibility index (Phi) is 4.06. The van der Waals surface area contributed by atoms with Crippen LogP contribution < -0.4 is 16.8 Å². The van der Waals surface area contributed by atoms with E-state index in [0.29, 0.717) is 18.6 Å². The highest BCUT2D eigenvalue weighted by Gasteiger charge is 2.29. The van der Waals surface area contributed by atoms with Gasteiger partial charge >= 0.3 is 0 Å². The highest BCUT2D eigenvalue weighted by Crippen LogP contribution is 2.34. The van der Waals surface area contributed by atoms with E-state index < -0.39 is 5.82 Å². The molecule has 1 atom stereocenters. The smallest absolute Gasteiger partial charge is 0.169 e. The molecule has 5 N–H and O–H groups in total. The first kappa shape index (κ1) is 14.2. The molecule has 0 aromatic heterocycles. The van der Waals surface area contributed by atoms with E-state index in [1.165, 1.54) is 18.9 Å². The molecule has 1 aliphatic rings. The molecule has 1 aliphatic carbocycles. The van der Waals surface area contributed by atoms with Crippen LogP contribution in [0.5, 0.6) is 0 Å².